The van der Waals surface area contributed by atoms with E-state index >= 15 is 4.39 Å². The number of fused-ring (bicyclic) bond motifs is 1. The summed E-state index contributed by atoms with van der Waals surface area (Å²) in [7, 11) is 1.66. The summed E-state index contributed by atoms with van der Waals surface area (Å²) in [6.45, 7) is 4.85. The van der Waals surface area contributed by atoms with Gasteiger partial charge in [0, 0.05) is 19.9 Å². The molecule has 0 amide bonds. The van der Waals surface area contributed by atoms with Gasteiger partial charge in [-0.3, -0.25) is 14.2 Å². The molecular formula is C25H37FN6O5. The molecule has 37 heavy (non-hydrogen) atoms. The minimum Gasteiger partial charge on any atom is -0.463 e. The van der Waals surface area contributed by atoms with Gasteiger partial charge in [0.05, 0.1) is 6.33 Å². The molecule has 2 aromatic rings. The average Bonchev–Trinajstić information content (AvgIpc) is 3.35. The third-order valence-electron chi connectivity index (χ3n) is 7.03. The maximum absolute atomic E-state index is 16.6. The van der Waals surface area contributed by atoms with Crippen LogP contribution in [0, 0.1) is 11.8 Å². The first-order chi connectivity index (χ1) is 17.6. The summed E-state index contributed by atoms with van der Waals surface area (Å²) in [5, 5.41) is 2.90. The zero-order chi connectivity index (χ0) is 26.7. The van der Waals surface area contributed by atoms with E-state index in [2.05, 4.69) is 20.3 Å². The van der Waals surface area contributed by atoms with Crippen molar-refractivity contribution >= 4 is 34.9 Å². The largest absolute Gasteiger partial charge is 0.463 e. The number of imidazole rings is 1. The summed E-state index contributed by atoms with van der Waals surface area (Å²) < 4.78 is 35.2. The van der Waals surface area contributed by atoms with Gasteiger partial charge in [-0.05, 0) is 31.6 Å². The van der Waals surface area contributed by atoms with Crippen molar-refractivity contribution in [3.05, 3.63) is 6.33 Å². The number of nitrogens with zero attached hydrogens (tertiary/aromatic N) is 4. The van der Waals surface area contributed by atoms with Gasteiger partial charge in [-0.15, -0.1) is 0 Å². The molecule has 0 bridgehead atoms. The molecule has 0 spiro atoms. The number of carbonyl (C=O) groups excluding carboxylic acids is 2. The van der Waals surface area contributed by atoms with Crippen LogP contribution in [-0.2, 0) is 23.8 Å². The molecule has 2 aromatic heterocycles. The van der Waals surface area contributed by atoms with Crippen molar-refractivity contribution in [1.82, 2.24) is 19.5 Å². The van der Waals surface area contributed by atoms with Crippen molar-refractivity contribution in [2.75, 3.05) is 24.7 Å². The Labute approximate surface area is 215 Å². The van der Waals surface area contributed by atoms with Gasteiger partial charge in [-0.2, -0.15) is 9.97 Å². The van der Waals surface area contributed by atoms with Crippen molar-refractivity contribution in [2.24, 2.45) is 11.8 Å². The number of hydrogen-bond acceptors (Lipinski definition) is 10. The third-order valence-corrected chi connectivity index (χ3v) is 7.03. The lowest BCUT2D eigenvalue weighted by Crippen LogP contribution is -2.44. The second-order valence-electron chi connectivity index (χ2n) is 10.6. The predicted octanol–water partition coefficient (Wildman–Crippen LogP) is 3.55. The minimum atomic E-state index is -2.19. The predicted molar refractivity (Wildman–Crippen MR) is 134 cm³/mol. The maximum Gasteiger partial charge on any atom is 0.306 e. The summed E-state index contributed by atoms with van der Waals surface area (Å²) in [5.74, 6) is -0.222. The number of ether oxygens (including phenoxy) is 3. The molecule has 0 unspecified atom stereocenters. The van der Waals surface area contributed by atoms with Gasteiger partial charge in [0.1, 0.15) is 12.7 Å². The fraction of sp³-hybridized carbons (Fsp3) is 0.720. The van der Waals surface area contributed by atoms with Crippen molar-refractivity contribution in [3.63, 3.8) is 0 Å². The van der Waals surface area contributed by atoms with Crippen LogP contribution in [0.5, 0.6) is 0 Å². The molecule has 1 aliphatic carbocycles. The zero-order valence-electron chi connectivity index (χ0n) is 21.9. The first-order valence-corrected chi connectivity index (χ1v) is 13.0. The van der Waals surface area contributed by atoms with Gasteiger partial charge in [-0.1, -0.05) is 33.1 Å². The molecule has 1 saturated carbocycles. The van der Waals surface area contributed by atoms with Gasteiger partial charge in [0.15, 0.2) is 35.0 Å². The lowest BCUT2D eigenvalue weighted by Gasteiger charge is -2.28. The molecule has 4 rings (SSSR count). The van der Waals surface area contributed by atoms with Gasteiger partial charge in [-0.25, -0.2) is 9.37 Å². The molecule has 0 radical (unpaired) electrons. The molecule has 3 N–H and O–H groups in total. The summed E-state index contributed by atoms with van der Waals surface area (Å²) in [6, 6.07) is 0. The molecule has 3 heterocycles. The number of nitrogens with two attached hydrogens (primary N) is 1. The van der Waals surface area contributed by atoms with Crippen LogP contribution < -0.4 is 11.1 Å². The van der Waals surface area contributed by atoms with E-state index in [1.54, 1.807) is 7.05 Å². The van der Waals surface area contributed by atoms with Crippen LogP contribution >= 0.6 is 0 Å². The first-order valence-electron chi connectivity index (χ1n) is 13.0. The summed E-state index contributed by atoms with van der Waals surface area (Å²) in [5.41, 5.74) is 4.31. The van der Waals surface area contributed by atoms with E-state index in [0.29, 0.717) is 11.3 Å². The van der Waals surface area contributed by atoms with Crippen molar-refractivity contribution in [1.29, 1.82) is 0 Å². The molecule has 0 aromatic carbocycles. The zero-order valence-corrected chi connectivity index (χ0v) is 21.9. The molecule has 12 heteroatoms. The van der Waals surface area contributed by atoms with Gasteiger partial charge in [0.25, 0.3) is 0 Å². The molecule has 1 aliphatic heterocycles. The van der Waals surface area contributed by atoms with Crippen LogP contribution in [0.2, 0.25) is 0 Å². The topological polar surface area (TPSA) is 143 Å². The van der Waals surface area contributed by atoms with E-state index in [4.69, 9.17) is 19.9 Å². The van der Waals surface area contributed by atoms with Crippen LogP contribution in [0.25, 0.3) is 11.2 Å². The molecular weight excluding hydrogens is 483 g/mol. The van der Waals surface area contributed by atoms with Crippen LogP contribution in [0.15, 0.2) is 6.33 Å². The lowest BCUT2D eigenvalue weighted by molar-refractivity contribution is -0.162. The standard InChI is InChI=1S/C25H37FN6O5/c1-14(2)10-17(33)35-12-16-20(37-18(34)11-15-8-6-5-7-9-15)25(3,26)23(36-16)32-13-29-19-21(28-4)30-24(27)31-22(19)32/h13-16,20,23H,5-12H2,1-4H3,(H3,27,28,30,31)/t16-,20-,23-,25-/m1/s1. The normalized spacial score (nSPS) is 26.5. The van der Waals surface area contributed by atoms with Crippen LogP contribution in [0.4, 0.5) is 16.2 Å². The van der Waals surface area contributed by atoms with E-state index in [0.717, 1.165) is 32.1 Å². The Balaban J connectivity index is 1.60. The van der Waals surface area contributed by atoms with Crippen LogP contribution in [0.1, 0.15) is 71.9 Å². The smallest absolute Gasteiger partial charge is 0.306 e. The van der Waals surface area contributed by atoms with E-state index in [-0.39, 0.29) is 42.9 Å². The van der Waals surface area contributed by atoms with E-state index in [1.165, 1.54) is 17.8 Å². The van der Waals surface area contributed by atoms with Gasteiger partial charge in [0.2, 0.25) is 5.95 Å². The SMILES string of the molecule is CNc1nc(N)nc2c1ncn2[C@@H]1O[C@H](COC(=O)CC(C)C)[C@@H](OC(=O)CC2CCCCC2)[C@@]1(C)F. The first kappa shape index (κ1) is 27.0. The Kier molecular flexibility index (Phi) is 8.15. The maximum atomic E-state index is 16.6. The highest BCUT2D eigenvalue weighted by molar-refractivity contribution is 5.84. The fourth-order valence-corrected chi connectivity index (χ4v) is 5.19. The Morgan fingerprint density at radius 1 is 1.27 bits per heavy atom. The highest BCUT2D eigenvalue weighted by atomic mass is 19.1. The average molecular weight is 521 g/mol. The number of rotatable bonds is 9. The number of carbonyl (C=O) groups is 2. The lowest BCUT2D eigenvalue weighted by atomic mass is 9.87. The van der Waals surface area contributed by atoms with Crippen LogP contribution in [-0.4, -0.2) is 63.0 Å². The van der Waals surface area contributed by atoms with E-state index < -0.39 is 36.0 Å². The molecule has 2 aliphatic rings. The molecule has 1 saturated heterocycles. The van der Waals surface area contributed by atoms with Crippen LogP contribution in [0.3, 0.4) is 0 Å². The van der Waals surface area contributed by atoms with Crippen molar-refractivity contribution in [2.45, 2.75) is 89.8 Å². The number of anilines is 2. The Hall–Kier alpha value is -3.02. The van der Waals surface area contributed by atoms with Gasteiger partial charge >= 0.3 is 11.9 Å². The van der Waals surface area contributed by atoms with E-state index in [1.807, 2.05) is 13.8 Å². The van der Waals surface area contributed by atoms with Crippen molar-refractivity contribution in [3.8, 4) is 0 Å². The number of hydrogen-bond donors (Lipinski definition) is 2. The number of nitrogen functional groups attached to an aromatic ring is 1. The molecule has 11 nitrogen and oxygen atoms in total. The summed E-state index contributed by atoms with van der Waals surface area (Å²) in [4.78, 5) is 37.8. The highest BCUT2D eigenvalue weighted by Crippen LogP contribution is 2.44. The third kappa shape index (κ3) is 5.94. The Morgan fingerprint density at radius 3 is 2.68 bits per heavy atom. The Morgan fingerprint density at radius 2 is 2.00 bits per heavy atom. The van der Waals surface area contributed by atoms with E-state index in [9.17, 15) is 9.59 Å². The molecule has 204 valence electrons. The number of halogens is 1. The Bertz CT molecular complexity index is 1120. The van der Waals surface area contributed by atoms with Crippen molar-refractivity contribution < 1.29 is 28.2 Å². The van der Waals surface area contributed by atoms with Gasteiger partial charge < -0.3 is 25.3 Å². The fourth-order valence-electron chi connectivity index (χ4n) is 5.19. The number of aromatic nitrogens is 4. The molecule has 4 atom stereocenters. The second-order valence-corrected chi connectivity index (χ2v) is 10.6. The monoisotopic (exact) mass is 520 g/mol. The molecule has 2 fully saturated rings. The number of nitrogens with one attached hydrogen (secondary N) is 1. The highest BCUT2D eigenvalue weighted by Gasteiger charge is 2.58. The number of alkyl halides is 1. The number of esters is 2. The second kappa shape index (κ2) is 11.2. The summed E-state index contributed by atoms with van der Waals surface area (Å²) >= 11 is 0. The minimum absolute atomic E-state index is 0.0215. The quantitative estimate of drug-likeness (QED) is 0.471. The summed E-state index contributed by atoms with van der Waals surface area (Å²) in [6.07, 6.45) is 3.46.